The molecule has 2 amide bonds. The van der Waals surface area contributed by atoms with Crippen molar-refractivity contribution in [1.82, 2.24) is 50.7 Å². The highest BCUT2D eigenvalue weighted by Gasteiger charge is 2.32. The van der Waals surface area contributed by atoms with E-state index in [1.165, 1.54) is 9.80 Å². The summed E-state index contributed by atoms with van der Waals surface area (Å²) in [6.07, 6.45) is 1.44. The minimum atomic E-state index is -1.37. The van der Waals surface area contributed by atoms with Gasteiger partial charge in [-0.15, -0.1) is 0 Å². The maximum Gasteiger partial charge on any atom is 0.317 e. The molecule has 0 saturated carbocycles. The Labute approximate surface area is 538 Å². The molecule has 0 aromatic heterocycles. The van der Waals surface area contributed by atoms with Gasteiger partial charge in [0.2, 0.25) is 11.8 Å². The number of nitrogens with zero attached hydrogens (tertiary/aromatic N) is 6. The van der Waals surface area contributed by atoms with E-state index >= 15 is 0 Å². The number of aliphatic carboxylic acids is 10. The smallest absolute Gasteiger partial charge is 0.317 e. The molecule has 0 radical (unpaired) electrons. The average Bonchev–Trinajstić information content (AvgIpc) is 0.944. The first-order valence-corrected chi connectivity index (χ1v) is 29.6. The van der Waals surface area contributed by atoms with Gasteiger partial charge in [-0.05, 0) is 86.0 Å². The molecule has 4 unspecified atom stereocenters. The number of hydrogen-bond donors (Lipinski definition) is 16. The van der Waals surface area contributed by atoms with Crippen LogP contribution in [0.3, 0.4) is 0 Å². The van der Waals surface area contributed by atoms with E-state index in [1.807, 2.05) is 0 Å². The number of carbonyl (C=O) groups excluding carboxylic acids is 2. The van der Waals surface area contributed by atoms with Crippen LogP contribution in [0.5, 0.6) is 0 Å². The van der Waals surface area contributed by atoms with Gasteiger partial charge in [0.1, 0.15) is 6.04 Å². The number of benzene rings is 2. The van der Waals surface area contributed by atoms with E-state index in [1.54, 1.807) is 48.5 Å². The van der Waals surface area contributed by atoms with Gasteiger partial charge in [0, 0.05) is 70.0 Å². The van der Waals surface area contributed by atoms with Crippen molar-refractivity contribution < 1.29 is 109 Å². The van der Waals surface area contributed by atoms with E-state index in [9.17, 15) is 109 Å². The van der Waals surface area contributed by atoms with Crippen LogP contribution in [0.15, 0.2) is 48.5 Å². The number of rotatable bonds is 46. The minimum absolute atomic E-state index is 0.00303. The topological polar surface area (TPSA) is 513 Å². The fourth-order valence-corrected chi connectivity index (χ4v) is 10.6. The summed E-state index contributed by atoms with van der Waals surface area (Å²) in [6, 6.07) is 9.86. The van der Waals surface area contributed by atoms with Crippen LogP contribution in [0.25, 0.3) is 0 Å². The van der Waals surface area contributed by atoms with Crippen LogP contribution >= 0.6 is 24.4 Å². The average molecular weight is 1340 g/mol. The van der Waals surface area contributed by atoms with Gasteiger partial charge in [-0.3, -0.25) is 92.3 Å². The second-order valence-electron chi connectivity index (χ2n) is 21.8. The molecule has 5 atom stereocenters. The number of amides is 2. The number of carbonyl (C=O) groups is 12. The van der Waals surface area contributed by atoms with Gasteiger partial charge in [0.05, 0.1) is 82.6 Å². The zero-order valence-corrected chi connectivity index (χ0v) is 51.8. The van der Waals surface area contributed by atoms with E-state index in [0.717, 1.165) is 25.2 Å². The molecule has 1 saturated heterocycles. The van der Waals surface area contributed by atoms with Crippen LogP contribution in [-0.4, -0.2) is 304 Å². The summed E-state index contributed by atoms with van der Waals surface area (Å²) in [5.74, 6) is -14.5. The normalized spacial score (nSPS) is 15.6. The highest BCUT2D eigenvalue weighted by atomic mass is 32.1. The lowest BCUT2D eigenvalue weighted by Crippen LogP contribution is -2.60. The maximum absolute atomic E-state index is 13.5. The van der Waals surface area contributed by atoms with Gasteiger partial charge < -0.3 is 78.1 Å². The quantitative estimate of drug-likeness (QED) is 0.0230. The summed E-state index contributed by atoms with van der Waals surface area (Å²) in [4.78, 5) is 151. The monoisotopic (exact) mass is 1340 g/mol. The fourth-order valence-electron chi connectivity index (χ4n) is 10.1. The Bertz CT molecular complexity index is 2830. The zero-order valence-electron chi connectivity index (χ0n) is 50.1. The molecule has 0 aliphatic carbocycles. The van der Waals surface area contributed by atoms with Crippen molar-refractivity contribution in [3.8, 4) is 0 Å². The number of carboxylic acids is 10. The lowest BCUT2D eigenvalue weighted by Gasteiger charge is -2.34. The number of unbranched alkanes of at least 4 members (excludes halogenated alkanes) is 1. The molecule has 3 rings (SSSR count). The van der Waals surface area contributed by atoms with Gasteiger partial charge in [-0.1, -0.05) is 48.6 Å². The summed E-state index contributed by atoms with van der Waals surface area (Å²) in [6.45, 7) is -7.52. The second kappa shape index (κ2) is 40.3. The first-order chi connectivity index (χ1) is 43.3. The van der Waals surface area contributed by atoms with Gasteiger partial charge in [0.15, 0.2) is 5.11 Å². The molecule has 1 heterocycles. The second-order valence-corrected chi connectivity index (χ2v) is 22.7. The Kier molecular flexibility index (Phi) is 34.0. The van der Waals surface area contributed by atoms with E-state index in [-0.39, 0.29) is 70.1 Å². The van der Waals surface area contributed by atoms with Crippen molar-refractivity contribution in [2.45, 2.75) is 81.7 Å². The molecule has 34 nitrogen and oxygen atoms in total. The number of anilines is 1. The molecule has 17 N–H and O–H groups in total. The van der Waals surface area contributed by atoms with E-state index in [0.29, 0.717) is 54.0 Å². The molecule has 1 fully saturated rings. The van der Waals surface area contributed by atoms with Crippen molar-refractivity contribution in [1.29, 1.82) is 0 Å². The Balaban J connectivity index is 1.67. The molecular formula is C56H80N12O22S2. The SMILES string of the molecule is NC(=O)C1CCC(NC(=S)Nc2ccc(CC(CN(CCN(CC(=O)O)CC(=O)O)CC(=O)O)N(CC(=O)O)CC(=O)O)cc2)NC(CCCCNC(=S)Cc2ccc(C[C@@H](CN(CCN(CC(=O)O)CC(=O)O)CC(=O)O)N(CC(=O)O)CC(=O)O)cc2)C(=O)N1. The largest absolute Gasteiger partial charge is 0.480 e. The predicted molar refractivity (Wildman–Crippen MR) is 332 cm³/mol. The summed E-state index contributed by atoms with van der Waals surface area (Å²) >= 11 is 11.3. The van der Waals surface area contributed by atoms with Crippen LogP contribution < -0.4 is 32.3 Å². The van der Waals surface area contributed by atoms with Crippen molar-refractivity contribution >= 4 is 112 Å². The Morgan fingerprint density at radius 1 is 0.511 bits per heavy atom. The van der Waals surface area contributed by atoms with Crippen LogP contribution in [-0.2, 0) is 76.8 Å². The zero-order chi connectivity index (χ0) is 68.6. The van der Waals surface area contributed by atoms with Crippen LogP contribution in [0, 0.1) is 0 Å². The van der Waals surface area contributed by atoms with Crippen molar-refractivity contribution in [3.05, 3.63) is 65.2 Å². The molecule has 1 aliphatic heterocycles. The summed E-state index contributed by atoms with van der Waals surface area (Å²) in [5.41, 5.74) is 8.06. The highest BCUT2D eigenvalue weighted by molar-refractivity contribution is 7.80. The van der Waals surface area contributed by atoms with Gasteiger partial charge in [-0.25, -0.2) is 0 Å². The third kappa shape index (κ3) is 32.9. The molecule has 2 aromatic carbocycles. The molecule has 2 aromatic rings. The minimum Gasteiger partial charge on any atom is -0.480 e. The third-order valence-corrected chi connectivity index (χ3v) is 14.7. The molecule has 1 aliphatic rings. The number of nitrogens with one attached hydrogen (secondary N) is 5. The maximum atomic E-state index is 13.5. The van der Waals surface area contributed by atoms with Crippen molar-refractivity contribution in [2.24, 2.45) is 5.73 Å². The van der Waals surface area contributed by atoms with Gasteiger partial charge in [-0.2, -0.15) is 0 Å². The number of hydrogen-bond acceptors (Lipinski definition) is 21. The summed E-state index contributed by atoms with van der Waals surface area (Å²) in [7, 11) is 0. The van der Waals surface area contributed by atoms with Gasteiger partial charge >= 0.3 is 59.7 Å². The van der Waals surface area contributed by atoms with Crippen molar-refractivity contribution in [2.75, 3.05) is 117 Å². The standard InChI is InChI=1S/C56H80N12O22S2/c57-54(89)40-12-13-42(62-56(92)59-37-10-8-35(9-11-37)20-39(68(32-52(85)86)33-53(87)88)23-64(25-45(71)72)16-18-66(28-48(77)78)29-49(79)80)60-41(55(90)61-40)3-1-2-14-58-43(91)21-36-6-4-34(5-7-36)19-38(67(30-50(81)82)31-51(83)84)22-63(24-44(69)70)15-17-65(26-46(73)74)27-47(75)76/h4-11,38-42,60H,1-3,12-33H2,(H2,57,89)(H,58,91)(H,61,90)(H,69,70)(H,71,72)(H,73,74)(H,75,76)(H,77,78)(H,79,80)(H,81,82)(H,83,84)(H,85,86)(H,87,88)(H2,59,62,92)/t38-,39?,40?,41?,42?/m0/s1. The van der Waals surface area contributed by atoms with Crippen LogP contribution in [0.4, 0.5) is 5.69 Å². The fraction of sp³-hybridized carbons (Fsp3) is 0.536. The van der Waals surface area contributed by atoms with Crippen molar-refractivity contribution in [3.63, 3.8) is 0 Å². The first-order valence-electron chi connectivity index (χ1n) is 28.7. The highest BCUT2D eigenvalue weighted by Crippen LogP contribution is 2.18. The number of thiocarbonyl (C=S) groups is 2. The summed E-state index contributed by atoms with van der Waals surface area (Å²) < 4.78 is 0. The van der Waals surface area contributed by atoms with Gasteiger partial charge in [0.25, 0.3) is 0 Å². The Morgan fingerprint density at radius 3 is 1.27 bits per heavy atom. The lowest BCUT2D eigenvalue weighted by molar-refractivity contribution is -0.145. The summed E-state index contributed by atoms with van der Waals surface area (Å²) in [5, 5.41) is 111. The first kappa shape index (κ1) is 77.6. The van der Waals surface area contributed by atoms with Crippen LogP contribution in [0.2, 0.25) is 0 Å². The predicted octanol–water partition coefficient (Wildman–Crippen LogP) is -3.17. The number of nitrogens with two attached hydrogens (primary N) is 1. The Hall–Kier alpha value is -8.62. The van der Waals surface area contributed by atoms with E-state index < -0.39 is 167 Å². The lowest BCUT2D eigenvalue weighted by atomic mass is 10.0. The van der Waals surface area contributed by atoms with Crippen LogP contribution in [0.1, 0.15) is 48.8 Å². The third-order valence-electron chi connectivity index (χ3n) is 14.2. The number of carboxylic acid groups (broad SMARTS) is 10. The molecule has 36 heteroatoms. The van der Waals surface area contributed by atoms with E-state index in [4.69, 9.17) is 30.2 Å². The molecule has 508 valence electrons. The molecule has 0 bridgehead atoms. The van der Waals surface area contributed by atoms with E-state index in [2.05, 4.69) is 26.6 Å². The molecule has 0 spiro atoms. The molecular weight excluding hydrogens is 1260 g/mol. The Morgan fingerprint density at radius 2 is 0.880 bits per heavy atom. The molecule has 92 heavy (non-hydrogen) atoms. The number of primary amides is 1.